The summed E-state index contributed by atoms with van der Waals surface area (Å²) in [5, 5.41) is 54.3. The van der Waals surface area contributed by atoms with Gasteiger partial charge in [-0.3, -0.25) is 14.4 Å². The van der Waals surface area contributed by atoms with Crippen molar-refractivity contribution in [3.8, 4) is 0 Å². The zero-order chi connectivity index (χ0) is 29.0. The summed E-state index contributed by atoms with van der Waals surface area (Å²) in [5.41, 5.74) is -6.03. The molecule has 0 radical (unpaired) electrons. The molecule has 0 unspecified atom stereocenters. The van der Waals surface area contributed by atoms with Crippen LogP contribution in [0.25, 0.3) is 0 Å². The summed E-state index contributed by atoms with van der Waals surface area (Å²) in [6, 6.07) is 0. The molecule has 0 spiro atoms. The standard InChI is InChI=1S/C30H46O8/c1-25(2)15-9-10-19-27(5)13-18(32)23(30(8,38)21(34)12-20(33)26(3,4)37)28(27,6)14-22(35)29(19,7)16(15)11-17(31)24(25)36/h9,16-20,23,31-33,37-38H,10-14H2,1-8H3/t16-,17-,18+,19+,20-,23+,27+,28-,29+,30+/m1/s1. The lowest BCUT2D eigenvalue weighted by atomic mass is 9.38. The molecule has 0 aromatic heterocycles. The van der Waals surface area contributed by atoms with Crippen LogP contribution >= 0.6 is 0 Å². The first kappa shape index (κ1) is 29.5. The van der Waals surface area contributed by atoms with Gasteiger partial charge >= 0.3 is 0 Å². The number of aliphatic hydroxyl groups excluding tert-OH is 3. The van der Waals surface area contributed by atoms with Crippen LogP contribution in [0.3, 0.4) is 0 Å². The molecule has 5 N–H and O–H groups in total. The third kappa shape index (κ3) is 3.70. The first-order valence-corrected chi connectivity index (χ1v) is 13.9. The molecule has 3 saturated carbocycles. The van der Waals surface area contributed by atoms with E-state index in [2.05, 4.69) is 0 Å². The highest BCUT2D eigenvalue weighted by atomic mass is 16.3. The number of fused-ring (bicyclic) bond motifs is 5. The molecule has 0 bridgehead atoms. The van der Waals surface area contributed by atoms with Gasteiger partial charge in [0.1, 0.15) is 17.5 Å². The Morgan fingerprint density at radius 1 is 1.05 bits per heavy atom. The van der Waals surface area contributed by atoms with E-state index in [9.17, 15) is 39.9 Å². The smallest absolute Gasteiger partial charge is 0.170 e. The van der Waals surface area contributed by atoms with E-state index in [1.165, 1.54) is 20.8 Å². The fourth-order valence-electron chi connectivity index (χ4n) is 9.20. The molecule has 8 heteroatoms. The Labute approximate surface area is 225 Å². The number of hydrogen-bond donors (Lipinski definition) is 5. The predicted octanol–water partition coefficient (Wildman–Crippen LogP) is 2.12. The number of aliphatic hydroxyl groups is 5. The van der Waals surface area contributed by atoms with Gasteiger partial charge in [-0.2, -0.15) is 0 Å². The Kier molecular flexibility index (Phi) is 6.63. The van der Waals surface area contributed by atoms with Crippen molar-refractivity contribution in [2.24, 2.45) is 39.4 Å². The molecule has 214 valence electrons. The quantitative estimate of drug-likeness (QED) is 0.336. The van der Waals surface area contributed by atoms with Gasteiger partial charge in [0.15, 0.2) is 11.6 Å². The highest BCUT2D eigenvalue weighted by Crippen LogP contribution is 2.74. The highest BCUT2D eigenvalue weighted by molar-refractivity contribution is 5.95. The second-order valence-electron chi connectivity index (χ2n) is 14.7. The number of carbonyl (C=O) groups is 3. The number of carbonyl (C=O) groups excluding carboxylic acids is 3. The molecule has 0 amide bonds. The van der Waals surface area contributed by atoms with Crippen molar-refractivity contribution in [2.75, 3.05) is 0 Å². The van der Waals surface area contributed by atoms with Crippen LogP contribution in [0, 0.1) is 39.4 Å². The van der Waals surface area contributed by atoms with Crippen molar-refractivity contribution < 1.29 is 39.9 Å². The summed E-state index contributed by atoms with van der Waals surface area (Å²) in [7, 11) is 0. The van der Waals surface area contributed by atoms with Crippen molar-refractivity contribution in [1.82, 2.24) is 0 Å². The Bertz CT molecular complexity index is 1080. The zero-order valence-corrected chi connectivity index (χ0v) is 24.0. The summed E-state index contributed by atoms with van der Waals surface area (Å²) in [4.78, 5) is 40.4. The minimum atomic E-state index is -2.04. The van der Waals surface area contributed by atoms with E-state index in [0.717, 1.165) is 5.57 Å². The van der Waals surface area contributed by atoms with Crippen LogP contribution in [-0.2, 0) is 14.4 Å². The monoisotopic (exact) mass is 534 g/mol. The summed E-state index contributed by atoms with van der Waals surface area (Å²) in [6.45, 7) is 13.6. The van der Waals surface area contributed by atoms with Gasteiger partial charge in [0, 0.05) is 29.6 Å². The Morgan fingerprint density at radius 2 is 1.63 bits per heavy atom. The Hall–Kier alpha value is -1.45. The third-order valence-electron chi connectivity index (χ3n) is 11.8. The SMILES string of the molecule is CC1(C)C(=O)[C@H](O)C[C@@H]2C1=CC[C@@H]1[C@@]2(C)C(=O)C[C@]2(C)[C@@H]([C@@](C)(O)C(=O)C[C@@H](O)C(C)(C)O)[C@@H](O)C[C@@]12C. The minimum Gasteiger partial charge on any atom is -0.393 e. The van der Waals surface area contributed by atoms with E-state index in [-0.39, 0.29) is 42.7 Å². The fourth-order valence-corrected chi connectivity index (χ4v) is 9.20. The lowest BCUT2D eigenvalue weighted by Crippen LogP contribution is -2.65. The van der Waals surface area contributed by atoms with Crippen molar-refractivity contribution in [3.05, 3.63) is 11.6 Å². The third-order valence-corrected chi connectivity index (χ3v) is 11.8. The van der Waals surface area contributed by atoms with Gasteiger partial charge in [-0.05, 0) is 76.5 Å². The van der Waals surface area contributed by atoms with E-state index in [0.29, 0.717) is 6.42 Å². The van der Waals surface area contributed by atoms with Crippen molar-refractivity contribution in [3.63, 3.8) is 0 Å². The van der Waals surface area contributed by atoms with E-state index in [1.807, 2.05) is 26.8 Å². The molecule has 3 fully saturated rings. The van der Waals surface area contributed by atoms with E-state index >= 15 is 0 Å². The number of ketones is 3. The van der Waals surface area contributed by atoms with Gasteiger partial charge in [0.05, 0.1) is 17.8 Å². The van der Waals surface area contributed by atoms with Gasteiger partial charge in [0.2, 0.25) is 0 Å². The molecule has 10 atom stereocenters. The van der Waals surface area contributed by atoms with Gasteiger partial charge in [-0.15, -0.1) is 0 Å². The molecule has 4 rings (SSSR count). The maximum atomic E-state index is 14.2. The van der Waals surface area contributed by atoms with E-state index in [4.69, 9.17) is 0 Å². The summed E-state index contributed by atoms with van der Waals surface area (Å²) < 4.78 is 0. The Balaban J connectivity index is 1.77. The molecule has 0 aliphatic heterocycles. The van der Waals surface area contributed by atoms with Crippen LogP contribution in [0.4, 0.5) is 0 Å². The number of rotatable bonds is 5. The van der Waals surface area contributed by atoms with Gasteiger partial charge in [0.25, 0.3) is 0 Å². The first-order chi connectivity index (χ1) is 17.1. The topological polar surface area (TPSA) is 152 Å². The number of Topliss-reactive ketones (excluding diaryl/α,β-unsaturated/α-hetero) is 3. The molecule has 8 nitrogen and oxygen atoms in total. The molecule has 0 aromatic rings. The van der Waals surface area contributed by atoms with Crippen molar-refractivity contribution >= 4 is 17.3 Å². The van der Waals surface area contributed by atoms with Crippen molar-refractivity contribution in [1.29, 1.82) is 0 Å². The maximum absolute atomic E-state index is 14.2. The molecule has 4 aliphatic rings. The van der Waals surface area contributed by atoms with Gasteiger partial charge in [-0.25, -0.2) is 0 Å². The largest absolute Gasteiger partial charge is 0.393 e. The van der Waals surface area contributed by atoms with E-state index in [1.54, 1.807) is 13.8 Å². The zero-order valence-electron chi connectivity index (χ0n) is 24.0. The molecule has 4 aliphatic carbocycles. The molecular weight excluding hydrogens is 488 g/mol. The Morgan fingerprint density at radius 3 is 2.18 bits per heavy atom. The molecular formula is C30H46O8. The minimum absolute atomic E-state index is 0.0317. The second-order valence-corrected chi connectivity index (χ2v) is 14.7. The van der Waals surface area contributed by atoms with E-state index < -0.39 is 69.3 Å². The normalized spacial score (nSPS) is 44.9. The highest BCUT2D eigenvalue weighted by Gasteiger charge is 2.74. The summed E-state index contributed by atoms with van der Waals surface area (Å²) in [5.74, 6) is -2.49. The van der Waals surface area contributed by atoms with Crippen LogP contribution < -0.4 is 0 Å². The summed E-state index contributed by atoms with van der Waals surface area (Å²) in [6.07, 6.45) is -1.07. The molecule has 0 heterocycles. The molecule has 0 aromatic carbocycles. The lowest BCUT2D eigenvalue weighted by molar-refractivity contribution is -0.186. The molecule has 0 saturated heterocycles. The van der Waals surface area contributed by atoms with Crippen LogP contribution in [0.2, 0.25) is 0 Å². The average molecular weight is 535 g/mol. The number of allylic oxidation sites excluding steroid dienone is 2. The van der Waals surface area contributed by atoms with Crippen LogP contribution in [0.15, 0.2) is 11.6 Å². The second kappa shape index (κ2) is 8.53. The number of hydrogen-bond acceptors (Lipinski definition) is 8. The van der Waals surface area contributed by atoms with Gasteiger partial charge < -0.3 is 25.5 Å². The van der Waals surface area contributed by atoms with Gasteiger partial charge in [-0.1, -0.05) is 32.4 Å². The average Bonchev–Trinajstić information content (AvgIpc) is 2.97. The fraction of sp³-hybridized carbons (Fsp3) is 0.833. The maximum Gasteiger partial charge on any atom is 0.170 e. The van der Waals surface area contributed by atoms with Crippen LogP contribution in [0.5, 0.6) is 0 Å². The lowest BCUT2D eigenvalue weighted by Gasteiger charge is -2.64. The van der Waals surface area contributed by atoms with Crippen LogP contribution in [0.1, 0.15) is 87.5 Å². The first-order valence-electron chi connectivity index (χ1n) is 13.9. The molecule has 38 heavy (non-hydrogen) atoms. The predicted molar refractivity (Wildman–Crippen MR) is 140 cm³/mol. The summed E-state index contributed by atoms with van der Waals surface area (Å²) >= 11 is 0. The van der Waals surface area contributed by atoms with Crippen LogP contribution in [-0.4, -0.2) is 72.4 Å². The van der Waals surface area contributed by atoms with Crippen molar-refractivity contribution in [2.45, 2.75) is 117 Å².